The van der Waals surface area contributed by atoms with Crippen LogP contribution in [0.3, 0.4) is 0 Å². The lowest BCUT2D eigenvalue weighted by atomic mass is 10.1. The van der Waals surface area contributed by atoms with Crippen LogP contribution in [0.5, 0.6) is 0 Å². The summed E-state index contributed by atoms with van der Waals surface area (Å²) in [5.74, 6) is 1.82. The normalized spacial score (nSPS) is 22.3. The van der Waals surface area contributed by atoms with Gasteiger partial charge >= 0.3 is 0 Å². The van der Waals surface area contributed by atoms with Crippen LogP contribution in [0.4, 0.5) is 5.82 Å². The summed E-state index contributed by atoms with van der Waals surface area (Å²) in [7, 11) is 4.35. The first-order valence-electron chi connectivity index (χ1n) is 8.11. The third kappa shape index (κ3) is 4.17. The minimum absolute atomic E-state index is 0.619. The summed E-state index contributed by atoms with van der Waals surface area (Å²) in [4.78, 5) is 9.53. The Labute approximate surface area is 129 Å². The van der Waals surface area contributed by atoms with Gasteiger partial charge in [0.25, 0.3) is 0 Å². The molecule has 0 aromatic carbocycles. The van der Waals surface area contributed by atoms with Crippen LogP contribution in [0.2, 0.25) is 0 Å². The number of nitrogens with zero attached hydrogens (tertiary/aromatic N) is 3. The lowest BCUT2D eigenvalue weighted by molar-refractivity contribution is 0.266. The first kappa shape index (κ1) is 16.2. The minimum atomic E-state index is 0.619. The number of aryl methyl sites for hydroxylation is 1. The van der Waals surface area contributed by atoms with Crippen molar-refractivity contribution >= 4 is 5.82 Å². The van der Waals surface area contributed by atoms with E-state index in [1.165, 1.54) is 12.0 Å². The first-order valence-corrected chi connectivity index (χ1v) is 8.11. The molecule has 1 aromatic rings. The van der Waals surface area contributed by atoms with E-state index in [9.17, 15) is 0 Å². The van der Waals surface area contributed by atoms with Crippen LogP contribution in [0.25, 0.3) is 0 Å². The van der Waals surface area contributed by atoms with Crippen LogP contribution in [0.15, 0.2) is 12.1 Å². The molecule has 4 nitrogen and oxygen atoms in total. The molecule has 0 saturated carbocycles. The molecule has 1 aliphatic heterocycles. The second kappa shape index (κ2) is 7.23. The average molecular weight is 290 g/mol. The maximum atomic E-state index is 4.75. The fraction of sp³-hybridized carbons (Fsp3) is 0.706. The minimum Gasteiger partial charge on any atom is -0.355 e. The molecule has 1 aromatic heterocycles. The zero-order valence-electron chi connectivity index (χ0n) is 14.2. The van der Waals surface area contributed by atoms with E-state index in [2.05, 4.69) is 62.1 Å². The number of hydrogen-bond donors (Lipinski definition) is 1. The number of hydrogen-bond acceptors (Lipinski definition) is 4. The van der Waals surface area contributed by atoms with Gasteiger partial charge in [-0.15, -0.1) is 0 Å². The van der Waals surface area contributed by atoms with Crippen molar-refractivity contribution in [2.45, 2.75) is 39.8 Å². The van der Waals surface area contributed by atoms with Gasteiger partial charge in [-0.1, -0.05) is 13.8 Å². The molecule has 0 bridgehead atoms. The summed E-state index contributed by atoms with van der Waals surface area (Å²) in [5.41, 5.74) is 2.45. The maximum Gasteiger partial charge on any atom is 0.129 e. The lowest BCUT2D eigenvalue weighted by Gasteiger charge is -2.23. The highest BCUT2D eigenvalue weighted by molar-refractivity contribution is 5.44. The molecule has 4 heteroatoms. The summed E-state index contributed by atoms with van der Waals surface area (Å²) in [5, 5.41) is 3.48. The Kier molecular flexibility index (Phi) is 5.59. The van der Waals surface area contributed by atoms with Crippen LogP contribution >= 0.6 is 0 Å². The molecule has 0 radical (unpaired) electrons. The summed E-state index contributed by atoms with van der Waals surface area (Å²) >= 11 is 0. The Balaban J connectivity index is 2.09. The third-order valence-electron chi connectivity index (χ3n) is 4.32. The predicted octanol–water partition coefficient (Wildman–Crippen LogP) is 2.28. The quantitative estimate of drug-likeness (QED) is 0.815. The van der Waals surface area contributed by atoms with E-state index in [1.807, 2.05) is 0 Å². The molecular formula is C17H30N4. The average Bonchev–Trinajstić information content (AvgIpc) is 2.81. The van der Waals surface area contributed by atoms with Crippen LogP contribution < -0.4 is 10.2 Å². The Bertz CT molecular complexity index is 458. The SMILES string of the molecule is CCCNCc1cc(C)nc(N2CC(C)C(N(C)C)C2)c1. The molecule has 0 amide bonds. The summed E-state index contributed by atoms with van der Waals surface area (Å²) in [6.45, 7) is 10.8. The van der Waals surface area contributed by atoms with Crippen LogP contribution in [0, 0.1) is 12.8 Å². The van der Waals surface area contributed by atoms with Gasteiger partial charge in [0.1, 0.15) is 5.82 Å². The second-order valence-electron chi connectivity index (χ2n) is 6.56. The van der Waals surface area contributed by atoms with Gasteiger partial charge in [-0.3, -0.25) is 0 Å². The Hall–Kier alpha value is -1.13. The smallest absolute Gasteiger partial charge is 0.129 e. The van der Waals surface area contributed by atoms with E-state index in [0.29, 0.717) is 12.0 Å². The van der Waals surface area contributed by atoms with Gasteiger partial charge in [0.15, 0.2) is 0 Å². The first-order chi connectivity index (χ1) is 10.0. The monoisotopic (exact) mass is 290 g/mol. The van der Waals surface area contributed by atoms with Crippen molar-refractivity contribution in [3.8, 4) is 0 Å². The lowest BCUT2D eigenvalue weighted by Crippen LogP contribution is -2.34. The van der Waals surface area contributed by atoms with Gasteiger partial charge in [0, 0.05) is 31.4 Å². The molecule has 0 aliphatic carbocycles. The molecule has 2 unspecified atom stereocenters. The Morgan fingerprint density at radius 2 is 2.10 bits per heavy atom. The standard InChI is InChI=1S/C17H30N4/c1-6-7-18-10-15-8-14(3)19-17(9-15)21-11-13(2)16(12-21)20(4)5/h8-9,13,16,18H,6-7,10-12H2,1-5H3. The summed E-state index contributed by atoms with van der Waals surface area (Å²) < 4.78 is 0. The number of rotatable bonds is 6. The van der Waals surface area contributed by atoms with Crippen LogP contribution in [-0.4, -0.2) is 49.7 Å². The molecule has 2 atom stereocenters. The molecular weight excluding hydrogens is 260 g/mol. The number of anilines is 1. The fourth-order valence-corrected chi connectivity index (χ4v) is 3.20. The molecule has 1 aliphatic rings. The van der Waals surface area contributed by atoms with E-state index in [0.717, 1.165) is 37.7 Å². The highest BCUT2D eigenvalue weighted by Gasteiger charge is 2.31. The Morgan fingerprint density at radius 3 is 2.71 bits per heavy atom. The summed E-state index contributed by atoms with van der Waals surface area (Å²) in [6, 6.07) is 5.06. The molecule has 21 heavy (non-hydrogen) atoms. The second-order valence-corrected chi connectivity index (χ2v) is 6.56. The van der Waals surface area contributed by atoms with Gasteiger partial charge in [-0.05, 0) is 57.6 Å². The van der Waals surface area contributed by atoms with Gasteiger partial charge in [0.05, 0.1) is 0 Å². The topological polar surface area (TPSA) is 31.4 Å². The Morgan fingerprint density at radius 1 is 1.33 bits per heavy atom. The van der Waals surface area contributed by atoms with E-state index in [-0.39, 0.29) is 0 Å². The number of pyridine rings is 1. The third-order valence-corrected chi connectivity index (χ3v) is 4.32. The van der Waals surface area contributed by atoms with Gasteiger partial charge in [-0.2, -0.15) is 0 Å². The van der Waals surface area contributed by atoms with Crippen molar-refractivity contribution in [2.75, 3.05) is 38.6 Å². The van der Waals surface area contributed by atoms with E-state index >= 15 is 0 Å². The van der Waals surface area contributed by atoms with Crippen LogP contribution in [-0.2, 0) is 6.54 Å². The molecule has 1 fully saturated rings. The zero-order chi connectivity index (χ0) is 15.4. The van der Waals surface area contributed by atoms with Crippen molar-refractivity contribution in [1.82, 2.24) is 15.2 Å². The highest BCUT2D eigenvalue weighted by atomic mass is 15.3. The van der Waals surface area contributed by atoms with Crippen LogP contribution in [0.1, 0.15) is 31.5 Å². The van der Waals surface area contributed by atoms with Crippen molar-refractivity contribution in [2.24, 2.45) is 5.92 Å². The van der Waals surface area contributed by atoms with Crippen molar-refractivity contribution in [3.05, 3.63) is 23.4 Å². The number of aromatic nitrogens is 1. The van der Waals surface area contributed by atoms with Gasteiger partial charge < -0.3 is 15.1 Å². The molecule has 118 valence electrons. The highest BCUT2D eigenvalue weighted by Crippen LogP contribution is 2.25. The molecule has 0 spiro atoms. The predicted molar refractivity (Wildman–Crippen MR) is 89.8 cm³/mol. The van der Waals surface area contributed by atoms with E-state index in [4.69, 9.17) is 4.98 Å². The van der Waals surface area contributed by atoms with E-state index in [1.54, 1.807) is 0 Å². The largest absolute Gasteiger partial charge is 0.355 e. The molecule has 1 N–H and O–H groups in total. The summed E-state index contributed by atoms with van der Waals surface area (Å²) in [6.07, 6.45) is 1.17. The van der Waals surface area contributed by atoms with Crippen molar-refractivity contribution in [3.63, 3.8) is 0 Å². The molecule has 2 rings (SSSR count). The number of nitrogens with one attached hydrogen (secondary N) is 1. The van der Waals surface area contributed by atoms with Gasteiger partial charge in [0.2, 0.25) is 0 Å². The molecule has 2 heterocycles. The van der Waals surface area contributed by atoms with Crippen molar-refractivity contribution in [1.29, 1.82) is 0 Å². The molecule has 1 saturated heterocycles. The zero-order valence-corrected chi connectivity index (χ0v) is 14.2. The van der Waals surface area contributed by atoms with Gasteiger partial charge in [-0.25, -0.2) is 4.98 Å². The fourth-order valence-electron chi connectivity index (χ4n) is 3.20. The van der Waals surface area contributed by atoms with Crippen molar-refractivity contribution < 1.29 is 0 Å². The maximum absolute atomic E-state index is 4.75. The van der Waals surface area contributed by atoms with E-state index < -0.39 is 0 Å². The number of likely N-dealkylation sites (N-methyl/N-ethyl adjacent to an activating group) is 1.